The molecule has 2 heterocycles. The Morgan fingerprint density at radius 1 is 1.12 bits per heavy atom. The first-order valence-corrected chi connectivity index (χ1v) is 10.3. The first kappa shape index (κ1) is 19.4. The Hall–Kier alpha value is -1.39. The highest BCUT2D eigenvalue weighted by atomic mass is 16.2. The number of piperidine rings is 2. The lowest BCUT2D eigenvalue weighted by molar-refractivity contribution is -0.137. The molecule has 1 amide bonds. The first-order valence-electron chi connectivity index (χ1n) is 10.3. The molecule has 0 radical (unpaired) electrons. The van der Waals surface area contributed by atoms with Crippen LogP contribution in [0.25, 0.3) is 0 Å². The minimum atomic E-state index is 0.167. The van der Waals surface area contributed by atoms with Gasteiger partial charge in [-0.1, -0.05) is 30.3 Å². The minimum Gasteiger partial charge on any atom is -0.341 e. The fraction of sp³-hybridized carbons (Fsp3) is 0.682. The van der Waals surface area contributed by atoms with Crippen LogP contribution in [0.3, 0.4) is 0 Å². The van der Waals surface area contributed by atoms with Gasteiger partial charge in [0.2, 0.25) is 5.91 Å². The molecular formula is C22H35N3O. The second kappa shape index (κ2) is 9.01. The van der Waals surface area contributed by atoms with Crippen LogP contribution < -0.4 is 0 Å². The molecule has 4 heteroatoms. The van der Waals surface area contributed by atoms with E-state index in [9.17, 15) is 4.79 Å². The van der Waals surface area contributed by atoms with E-state index in [-0.39, 0.29) is 5.92 Å². The predicted molar refractivity (Wildman–Crippen MR) is 107 cm³/mol. The van der Waals surface area contributed by atoms with Gasteiger partial charge >= 0.3 is 0 Å². The number of hydrogen-bond acceptors (Lipinski definition) is 3. The highest BCUT2D eigenvalue weighted by molar-refractivity contribution is 5.79. The lowest BCUT2D eigenvalue weighted by Crippen LogP contribution is -2.51. The molecule has 3 rings (SSSR count). The molecule has 0 aromatic heterocycles. The molecule has 144 valence electrons. The molecule has 0 aliphatic carbocycles. The zero-order valence-corrected chi connectivity index (χ0v) is 16.7. The zero-order valence-electron chi connectivity index (χ0n) is 16.7. The molecule has 2 aliphatic heterocycles. The lowest BCUT2D eigenvalue weighted by atomic mass is 9.92. The van der Waals surface area contributed by atoms with Crippen molar-refractivity contribution in [2.24, 2.45) is 5.92 Å². The summed E-state index contributed by atoms with van der Waals surface area (Å²) in [5.41, 5.74) is 1.21. The fourth-order valence-electron chi connectivity index (χ4n) is 4.55. The number of likely N-dealkylation sites (tertiary alicyclic amines) is 2. The Kier molecular flexibility index (Phi) is 6.71. The first-order chi connectivity index (χ1) is 12.5. The van der Waals surface area contributed by atoms with E-state index in [1.54, 1.807) is 0 Å². The fourth-order valence-corrected chi connectivity index (χ4v) is 4.55. The van der Waals surface area contributed by atoms with Gasteiger partial charge in [-0.25, -0.2) is 0 Å². The predicted octanol–water partition coefficient (Wildman–Crippen LogP) is 3.23. The van der Waals surface area contributed by atoms with Crippen molar-refractivity contribution in [2.75, 3.05) is 33.2 Å². The summed E-state index contributed by atoms with van der Waals surface area (Å²) in [6.45, 7) is 9.81. The molecule has 0 bridgehead atoms. The Balaban J connectivity index is 1.52. The van der Waals surface area contributed by atoms with Crippen molar-refractivity contribution in [1.82, 2.24) is 14.7 Å². The molecule has 4 nitrogen and oxygen atoms in total. The summed E-state index contributed by atoms with van der Waals surface area (Å²) >= 11 is 0. The van der Waals surface area contributed by atoms with Gasteiger partial charge in [-0.15, -0.1) is 0 Å². The van der Waals surface area contributed by atoms with Gasteiger partial charge in [0.1, 0.15) is 0 Å². The van der Waals surface area contributed by atoms with Crippen molar-refractivity contribution in [3.8, 4) is 0 Å². The van der Waals surface area contributed by atoms with Crippen molar-refractivity contribution in [3.63, 3.8) is 0 Å². The van der Waals surface area contributed by atoms with Crippen LogP contribution in [-0.4, -0.2) is 65.9 Å². The molecule has 1 atom stereocenters. The monoisotopic (exact) mass is 357 g/mol. The molecule has 1 aromatic carbocycles. The summed E-state index contributed by atoms with van der Waals surface area (Å²) in [4.78, 5) is 20.1. The number of nitrogens with zero attached hydrogens (tertiary/aromatic N) is 3. The van der Waals surface area contributed by atoms with Gasteiger partial charge in [0.25, 0.3) is 0 Å². The molecule has 1 aromatic rings. The zero-order chi connectivity index (χ0) is 18.5. The van der Waals surface area contributed by atoms with E-state index >= 15 is 0 Å². The number of benzene rings is 1. The molecule has 0 N–H and O–H groups in total. The molecule has 0 saturated carbocycles. The van der Waals surface area contributed by atoms with Crippen LogP contribution in [0.5, 0.6) is 0 Å². The minimum absolute atomic E-state index is 0.167. The maximum Gasteiger partial charge on any atom is 0.227 e. The van der Waals surface area contributed by atoms with E-state index in [4.69, 9.17) is 0 Å². The number of hydrogen-bond donors (Lipinski definition) is 0. The molecule has 2 saturated heterocycles. The summed E-state index contributed by atoms with van der Waals surface area (Å²) in [6.07, 6.45) is 4.69. The molecule has 2 aliphatic rings. The molecule has 0 unspecified atom stereocenters. The summed E-state index contributed by atoms with van der Waals surface area (Å²) < 4.78 is 0. The lowest BCUT2D eigenvalue weighted by Gasteiger charge is -2.43. The van der Waals surface area contributed by atoms with Gasteiger partial charge in [-0.05, 0) is 64.7 Å². The number of carbonyl (C=O) groups is 1. The second-order valence-electron chi connectivity index (χ2n) is 8.37. The van der Waals surface area contributed by atoms with Gasteiger partial charge in [-0.2, -0.15) is 0 Å². The number of amides is 1. The van der Waals surface area contributed by atoms with Crippen molar-refractivity contribution in [1.29, 1.82) is 0 Å². The Morgan fingerprint density at radius 2 is 1.81 bits per heavy atom. The second-order valence-corrected chi connectivity index (χ2v) is 8.37. The number of carbonyl (C=O) groups excluding carboxylic acids is 1. The summed E-state index contributed by atoms with van der Waals surface area (Å²) in [7, 11) is 1.95. The number of rotatable bonds is 5. The molecular weight excluding hydrogens is 322 g/mol. The van der Waals surface area contributed by atoms with Crippen LogP contribution in [0.4, 0.5) is 0 Å². The van der Waals surface area contributed by atoms with Crippen molar-refractivity contribution in [2.45, 2.75) is 58.2 Å². The van der Waals surface area contributed by atoms with E-state index in [0.717, 1.165) is 19.4 Å². The van der Waals surface area contributed by atoms with Crippen LogP contribution >= 0.6 is 0 Å². The van der Waals surface area contributed by atoms with Crippen LogP contribution in [0.2, 0.25) is 0 Å². The van der Waals surface area contributed by atoms with Crippen molar-refractivity contribution < 1.29 is 4.79 Å². The summed E-state index contributed by atoms with van der Waals surface area (Å²) in [5.74, 6) is 0.485. The average molecular weight is 358 g/mol. The largest absolute Gasteiger partial charge is 0.341 e. The molecule has 2 fully saturated rings. The van der Waals surface area contributed by atoms with E-state index in [0.29, 0.717) is 24.5 Å². The summed E-state index contributed by atoms with van der Waals surface area (Å²) in [6, 6.07) is 11.6. The van der Waals surface area contributed by atoms with E-state index in [2.05, 4.69) is 35.8 Å². The van der Waals surface area contributed by atoms with Gasteiger partial charge < -0.3 is 9.80 Å². The molecule has 0 spiro atoms. The maximum atomic E-state index is 13.0. The van der Waals surface area contributed by atoms with Gasteiger partial charge in [0, 0.05) is 32.2 Å². The Morgan fingerprint density at radius 3 is 2.46 bits per heavy atom. The standard InChI is InChI=1S/C22H35N3O/c1-18(2)24-14-11-21(12-15-24)25-13-7-10-20(17-25)22(26)23(3)16-19-8-5-4-6-9-19/h4-6,8-9,18,20-21H,7,10-17H2,1-3H3/t20-/m1/s1. The topological polar surface area (TPSA) is 26.8 Å². The van der Waals surface area contributed by atoms with Crippen molar-refractivity contribution >= 4 is 5.91 Å². The molecule has 26 heavy (non-hydrogen) atoms. The van der Waals surface area contributed by atoms with E-state index < -0.39 is 0 Å². The van der Waals surface area contributed by atoms with Gasteiger partial charge in [-0.3, -0.25) is 9.69 Å². The van der Waals surface area contributed by atoms with E-state index in [1.807, 2.05) is 30.1 Å². The van der Waals surface area contributed by atoms with Crippen LogP contribution in [0.15, 0.2) is 30.3 Å². The third kappa shape index (κ3) is 4.86. The van der Waals surface area contributed by atoms with E-state index in [1.165, 1.54) is 38.0 Å². The van der Waals surface area contributed by atoms with Crippen LogP contribution in [0, 0.1) is 5.92 Å². The maximum absolute atomic E-state index is 13.0. The van der Waals surface area contributed by atoms with Gasteiger partial charge in [0.15, 0.2) is 0 Å². The highest BCUT2D eigenvalue weighted by Crippen LogP contribution is 2.25. The third-order valence-corrected chi connectivity index (χ3v) is 6.19. The third-order valence-electron chi connectivity index (χ3n) is 6.19. The van der Waals surface area contributed by atoms with Crippen LogP contribution in [-0.2, 0) is 11.3 Å². The van der Waals surface area contributed by atoms with Crippen molar-refractivity contribution in [3.05, 3.63) is 35.9 Å². The van der Waals surface area contributed by atoms with Gasteiger partial charge in [0.05, 0.1) is 5.92 Å². The quantitative estimate of drug-likeness (QED) is 0.809. The average Bonchev–Trinajstić information content (AvgIpc) is 2.68. The summed E-state index contributed by atoms with van der Waals surface area (Å²) in [5, 5.41) is 0. The highest BCUT2D eigenvalue weighted by Gasteiger charge is 2.33. The Labute approximate surface area is 159 Å². The normalized spacial score (nSPS) is 23.3. The Bertz CT molecular complexity index is 566. The SMILES string of the molecule is CC(C)N1CCC(N2CCC[C@@H](C(=O)N(C)Cc3ccccc3)C2)CC1. The van der Waals surface area contributed by atoms with Crippen LogP contribution in [0.1, 0.15) is 45.1 Å². The smallest absolute Gasteiger partial charge is 0.227 e.